The highest BCUT2D eigenvalue weighted by Crippen LogP contribution is 2.31. The van der Waals surface area contributed by atoms with Gasteiger partial charge in [-0.2, -0.15) is 0 Å². The minimum Gasteiger partial charge on any atom is -0.350 e. The lowest BCUT2D eigenvalue weighted by atomic mass is 10.1. The molecular weight excluding hydrogens is 270 g/mol. The third-order valence-corrected chi connectivity index (χ3v) is 4.08. The molecule has 1 aliphatic carbocycles. The average Bonchev–Trinajstić information content (AvgIpc) is 3.31. The maximum atomic E-state index is 12.1. The number of nitrogens with one attached hydrogen (secondary N) is 1. The van der Waals surface area contributed by atoms with Crippen molar-refractivity contribution in [3.63, 3.8) is 0 Å². The lowest BCUT2D eigenvalue weighted by Gasteiger charge is -2.11. The molecule has 0 aromatic heterocycles. The number of hydrogen-bond donors (Lipinski definition) is 2. The first kappa shape index (κ1) is 13.8. The summed E-state index contributed by atoms with van der Waals surface area (Å²) in [6.07, 6.45) is 2.25. The zero-order valence-corrected chi connectivity index (χ0v) is 11.8. The normalized spacial score (nSPS) is 18.7. The zero-order chi connectivity index (χ0) is 15.1. The van der Waals surface area contributed by atoms with Gasteiger partial charge in [0.15, 0.2) is 0 Å². The molecule has 1 heterocycles. The Morgan fingerprint density at radius 1 is 1.33 bits per heavy atom. The second kappa shape index (κ2) is 4.96. The summed E-state index contributed by atoms with van der Waals surface area (Å²) >= 11 is 0. The van der Waals surface area contributed by atoms with Crippen molar-refractivity contribution in [1.29, 1.82) is 0 Å². The second-order valence-corrected chi connectivity index (χ2v) is 5.64. The Morgan fingerprint density at radius 2 is 2.00 bits per heavy atom. The van der Waals surface area contributed by atoms with Gasteiger partial charge in [-0.05, 0) is 37.0 Å². The van der Waals surface area contributed by atoms with E-state index in [1.54, 1.807) is 6.07 Å². The second-order valence-electron chi connectivity index (χ2n) is 5.64. The van der Waals surface area contributed by atoms with E-state index in [-0.39, 0.29) is 29.3 Å². The highest BCUT2D eigenvalue weighted by Gasteiger charge is 2.33. The molecule has 1 fully saturated rings. The quantitative estimate of drug-likeness (QED) is 0.783. The Labute approximate surface area is 122 Å². The van der Waals surface area contributed by atoms with Gasteiger partial charge in [0, 0.05) is 25.2 Å². The molecule has 0 bridgehead atoms. The van der Waals surface area contributed by atoms with Gasteiger partial charge in [0.05, 0.1) is 11.1 Å². The van der Waals surface area contributed by atoms with Crippen molar-refractivity contribution in [3.8, 4) is 0 Å². The van der Waals surface area contributed by atoms with Crippen LogP contribution in [0.3, 0.4) is 0 Å². The Balaban J connectivity index is 1.73. The van der Waals surface area contributed by atoms with Crippen LogP contribution in [0.2, 0.25) is 0 Å². The van der Waals surface area contributed by atoms with Gasteiger partial charge < -0.3 is 11.1 Å². The molecule has 110 valence electrons. The first-order valence-corrected chi connectivity index (χ1v) is 6.99. The number of carbonyl (C=O) groups is 3. The van der Waals surface area contributed by atoms with Gasteiger partial charge in [-0.15, -0.1) is 0 Å². The largest absolute Gasteiger partial charge is 0.350 e. The fraction of sp³-hybridized carbons (Fsp3) is 0.400. The lowest BCUT2D eigenvalue weighted by molar-refractivity contribution is 0.0693. The molecule has 1 saturated carbocycles. The number of nitrogens with two attached hydrogens (primary N) is 1. The standard InChI is InChI=1S/C15H17N3O3/c1-18-14(20)10-5-4-9(6-11(10)15(18)21)13(19)17-7-12(16)8-2-3-8/h4-6,8,12H,2-3,7,16H2,1H3,(H,17,19). The molecular formula is C15H17N3O3. The number of hydrogen-bond acceptors (Lipinski definition) is 4. The van der Waals surface area contributed by atoms with E-state index in [2.05, 4.69) is 5.32 Å². The molecule has 3 rings (SSSR count). The fourth-order valence-electron chi connectivity index (χ4n) is 2.51. The summed E-state index contributed by atoms with van der Waals surface area (Å²) < 4.78 is 0. The van der Waals surface area contributed by atoms with E-state index in [9.17, 15) is 14.4 Å². The minimum atomic E-state index is -0.376. The lowest BCUT2D eigenvalue weighted by Crippen LogP contribution is -2.38. The third kappa shape index (κ3) is 2.42. The highest BCUT2D eigenvalue weighted by atomic mass is 16.2. The summed E-state index contributed by atoms with van der Waals surface area (Å²) in [5.41, 5.74) is 6.92. The molecule has 2 aliphatic rings. The predicted octanol–water partition coefficient (Wildman–Crippen LogP) is 0.379. The summed E-state index contributed by atoms with van der Waals surface area (Å²) in [5.74, 6) is -0.473. The summed E-state index contributed by atoms with van der Waals surface area (Å²) in [6, 6.07) is 4.53. The van der Waals surface area contributed by atoms with Gasteiger partial charge in [-0.1, -0.05) is 0 Å². The van der Waals surface area contributed by atoms with E-state index in [1.165, 1.54) is 19.2 Å². The number of benzene rings is 1. The van der Waals surface area contributed by atoms with Crippen LogP contribution in [0.4, 0.5) is 0 Å². The first-order valence-electron chi connectivity index (χ1n) is 6.99. The van der Waals surface area contributed by atoms with Crippen LogP contribution in [0, 0.1) is 5.92 Å². The van der Waals surface area contributed by atoms with Crippen LogP contribution in [0.5, 0.6) is 0 Å². The summed E-state index contributed by atoms with van der Waals surface area (Å²) in [4.78, 5) is 36.8. The van der Waals surface area contributed by atoms with Crippen molar-refractivity contribution >= 4 is 17.7 Å². The van der Waals surface area contributed by atoms with Gasteiger partial charge in [0.25, 0.3) is 17.7 Å². The number of rotatable bonds is 4. The van der Waals surface area contributed by atoms with Crippen molar-refractivity contribution in [2.24, 2.45) is 11.7 Å². The molecule has 1 aromatic carbocycles. The SMILES string of the molecule is CN1C(=O)c2ccc(C(=O)NCC(N)C3CC3)cc2C1=O. The molecule has 3 amide bonds. The van der Waals surface area contributed by atoms with Gasteiger partial charge in [-0.3, -0.25) is 19.3 Å². The van der Waals surface area contributed by atoms with Crippen molar-refractivity contribution in [2.45, 2.75) is 18.9 Å². The molecule has 1 unspecified atom stereocenters. The molecule has 3 N–H and O–H groups in total. The Morgan fingerprint density at radius 3 is 2.67 bits per heavy atom. The maximum Gasteiger partial charge on any atom is 0.261 e. The van der Waals surface area contributed by atoms with Crippen molar-refractivity contribution in [1.82, 2.24) is 10.2 Å². The first-order chi connectivity index (χ1) is 9.99. The Hall–Kier alpha value is -2.21. The smallest absolute Gasteiger partial charge is 0.261 e. The van der Waals surface area contributed by atoms with E-state index in [4.69, 9.17) is 5.73 Å². The van der Waals surface area contributed by atoms with Crippen LogP contribution >= 0.6 is 0 Å². The van der Waals surface area contributed by atoms with Gasteiger partial charge in [0.1, 0.15) is 0 Å². The van der Waals surface area contributed by atoms with Crippen LogP contribution < -0.4 is 11.1 Å². The van der Waals surface area contributed by atoms with Crippen LogP contribution in [0.25, 0.3) is 0 Å². The number of imide groups is 1. The summed E-state index contributed by atoms with van der Waals surface area (Å²) in [6.45, 7) is 0.424. The van der Waals surface area contributed by atoms with Gasteiger partial charge >= 0.3 is 0 Å². The predicted molar refractivity (Wildman–Crippen MR) is 75.9 cm³/mol. The van der Waals surface area contributed by atoms with E-state index in [0.29, 0.717) is 23.6 Å². The topological polar surface area (TPSA) is 92.5 Å². The van der Waals surface area contributed by atoms with Crippen molar-refractivity contribution in [3.05, 3.63) is 34.9 Å². The number of carbonyl (C=O) groups excluding carboxylic acids is 3. The molecule has 0 radical (unpaired) electrons. The van der Waals surface area contributed by atoms with Crippen molar-refractivity contribution < 1.29 is 14.4 Å². The van der Waals surface area contributed by atoms with Gasteiger partial charge in [0.2, 0.25) is 0 Å². The maximum absolute atomic E-state index is 12.1. The monoisotopic (exact) mass is 287 g/mol. The highest BCUT2D eigenvalue weighted by molar-refractivity contribution is 6.21. The fourth-order valence-corrected chi connectivity index (χ4v) is 2.51. The molecule has 1 aromatic rings. The van der Waals surface area contributed by atoms with E-state index >= 15 is 0 Å². The van der Waals surface area contributed by atoms with Crippen LogP contribution in [0.15, 0.2) is 18.2 Å². The summed E-state index contributed by atoms with van der Waals surface area (Å²) in [7, 11) is 1.43. The average molecular weight is 287 g/mol. The Kier molecular flexibility index (Phi) is 3.25. The number of fused-ring (bicyclic) bond motifs is 1. The molecule has 1 atom stereocenters. The molecule has 1 aliphatic heterocycles. The van der Waals surface area contributed by atoms with Crippen LogP contribution in [-0.2, 0) is 0 Å². The minimum absolute atomic E-state index is 0.0160. The van der Waals surface area contributed by atoms with Crippen LogP contribution in [-0.4, -0.2) is 42.3 Å². The molecule has 6 heteroatoms. The van der Waals surface area contributed by atoms with E-state index < -0.39 is 0 Å². The molecule has 0 saturated heterocycles. The van der Waals surface area contributed by atoms with E-state index in [0.717, 1.165) is 17.7 Å². The van der Waals surface area contributed by atoms with Crippen LogP contribution in [0.1, 0.15) is 43.9 Å². The molecule has 0 spiro atoms. The Bertz CT molecular complexity index is 637. The van der Waals surface area contributed by atoms with Gasteiger partial charge in [-0.25, -0.2) is 0 Å². The number of amides is 3. The molecule has 6 nitrogen and oxygen atoms in total. The zero-order valence-electron chi connectivity index (χ0n) is 11.8. The third-order valence-electron chi connectivity index (χ3n) is 4.08. The number of nitrogens with zero attached hydrogens (tertiary/aromatic N) is 1. The van der Waals surface area contributed by atoms with Crippen molar-refractivity contribution in [2.75, 3.05) is 13.6 Å². The van der Waals surface area contributed by atoms with E-state index in [1.807, 2.05) is 0 Å². The summed E-state index contributed by atoms with van der Waals surface area (Å²) in [5, 5.41) is 2.77. The molecule has 21 heavy (non-hydrogen) atoms.